The third kappa shape index (κ3) is 3.55. The molecule has 2 aromatic heterocycles. The van der Waals surface area contributed by atoms with Crippen LogP contribution in [-0.2, 0) is 13.2 Å². The van der Waals surface area contributed by atoms with Crippen LogP contribution in [0.15, 0.2) is 36.4 Å². The zero-order chi connectivity index (χ0) is 17.9. The van der Waals surface area contributed by atoms with Crippen molar-refractivity contribution in [1.29, 1.82) is 0 Å². The molecular formula is C20H23ClN4O. The Balaban J connectivity index is 1.71. The molecule has 0 atom stereocenters. The number of halogens is 1. The minimum Gasteiger partial charge on any atom is -0.390 e. The topological polar surface area (TPSA) is 54.2 Å². The van der Waals surface area contributed by atoms with Crippen LogP contribution in [0.2, 0.25) is 5.02 Å². The number of rotatable bonds is 4. The molecule has 0 radical (unpaired) electrons. The van der Waals surface area contributed by atoms with Gasteiger partial charge in [0.2, 0.25) is 0 Å². The summed E-state index contributed by atoms with van der Waals surface area (Å²) in [6.07, 6.45) is 5.01. The highest BCUT2D eigenvalue weighted by Gasteiger charge is 2.16. The molecule has 1 fully saturated rings. The van der Waals surface area contributed by atoms with Crippen LogP contribution in [0.3, 0.4) is 0 Å². The van der Waals surface area contributed by atoms with E-state index in [0.717, 1.165) is 40.5 Å². The maximum Gasteiger partial charge on any atom is 0.160 e. The maximum absolute atomic E-state index is 9.68. The summed E-state index contributed by atoms with van der Waals surface area (Å²) in [5.41, 5.74) is 2.60. The molecule has 1 N–H and O–H groups in total. The normalized spacial score (nSPS) is 15.4. The molecule has 1 aliphatic heterocycles. The van der Waals surface area contributed by atoms with E-state index in [0.29, 0.717) is 12.2 Å². The highest BCUT2D eigenvalue weighted by atomic mass is 35.5. The molecule has 0 unspecified atom stereocenters. The van der Waals surface area contributed by atoms with Gasteiger partial charge in [-0.15, -0.1) is 0 Å². The molecule has 0 spiro atoms. The molecule has 3 heterocycles. The molecular weight excluding hydrogens is 348 g/mol. The summed E-state index contributed by atoms with van der Waals surface area (Å²) in [6.45, 7) is 2.62. The fraction of sp³-hybridized carbons (Fsp3) is 0.400. The maximum atomic E-state index is 9.68. The molecule has 3 aromatic rings. The van der Waals surface area contributed by atoms with Crippen molar-refractivity contribution in [1.82, 2.24) is 14.8 Å². The van der Waals surface area contributed by atoms with Gasteiger partial charge in [0.1, 0.15) is 5.82 Å². The molecule has 4 rings (SSSR count). The predicted molar refractivity (Wildman–Crippen MR) is 105 cm³/mol. The number of aliphatic hydroxyl groups is 1. The molecule has 0 amide bonds. The number of anilines is 1. The van der Waals surface area contributed by atoms with E-state index < -0.39 is 0 Å². The summed E-state index contributed by atoms with van der Waals surface area (Å²) in [4.78, 5) is 7.28. The number of pyridine rings is 1. The van der Waals surface area contributed by atoms with Crippen molar-refractivity contribution in [2.24, 2.45) is 0 Å². The highest BCUT2D eigenvalue weighted by molar-refractivity contribution is 6.30. The fourth-order valence-corrected chi connectivity index (χ4v) is 3.70. The minimum atomic E-state index is -0.0884. The summed E-state index contributed by atoms with van der Waals surface area (Å²) in [7, 11) is 0. The largest absolute Gasteiger partial charge is 0.390 e. The quantitative estimate of drug-likeness (QED) is 0.754. The van der Waals surface area contributed by atoms with Crippen molar-refractivity contribution < 1.29 is 5.11 Å². The summed E-state index contributed by atoms with van der Waals surface area (Å²) in [5, 5.41) is 15.9. The van der Waals surface area contributed by atoms with Crippen molar-refractivity contribution in [3.05, 3.63) is 52.7 Å². The van der Waals surface area contributed by atoms with Gasteiger partial charge >= 0.3 is 0 Å². The van der Waals surface area contributed by atoms with Gasteiger partial charge in [0.15, 0.2) is 5.65 Å². The number of hydrogen-bond acceptors (Lipinski definition) is 4. The van der Waals surface area contributed by atoms with Crippen molar-refractivity contribution in [2.45, 2.75) is 38.8 Å². The Hall–Kier alpha value is -2.11. The SMILES string of the molecule is OCc1nn(Cc2ccc(Cl)cc2)c2nc(N3CCCCCC3)ccc12. The Morgan fingerprint density at radius 1 is 0.962 bits per heavy atom. The van der Waals surface area contributed by atoms with Crippen LogP contribution in [-0.4, -0.2) is 33.0 Å². The van der Waals surface area contributed by atoms with E-state index in [-0.39, 0.29) is 6.61 Å². The van der Waals surface area contributed by atoms with Gasteiger partial charge in [-0.1, -0.05) is 36.6 Å². The zero-order valence-electron chi connectivity index (χ0n) is 14.7. The third-order valence-electron chi connectivity index (χ3n) is 4.98. The molecule has 0 saturated carbocycles. The minimum absolute atomic E-state index is 0.0884. The summed E-state index contributed by atoms with van der Waals surface area (Å²) in [5.74, 6) is 1.00. The first-order valence-corrected chi connectivity index (χ1v) is 9.59. The average molecular weight is 371 g/mol. The van der Waals surface area contributed by atoms with Crippen LogP contribution in [0.5, 0.6) is 0 Å². The van der Waals surface area contributed by atoms with Gasteiger partial charge in [0.05, 0.1) is 18.8 Å². The number of benzene rings is 1. The second-order valence-electron chi connectivity index (χ2n) is 6.83. The van der Waals surface area contributed by atoms with Crippen LogP contribution in [0.4, 0.5) is 5.82 Å². The van der Waals surface area contributed by atoms with Crippen LogP contribution in [0.1, 0.15) is 36.9 Å². The summed E-state index contributed by atoms with van der Waals surface area (Å²) in [6, 6.07) is 11.8. The van der Waals surface area contributed by atoms with Gasteiger partial charge < -0.3 is 10.0 Å². The van der Waals surface area contributed by atoms with Crippen LogP contribution < -0.4 is 4.90 Å². The van der Waals surface area contributed by atoms with Crippen molar-refractivity contribution in [3.8, 4) is 0 Å². The third-order valence-corrected chi connectivity index (χ3v) is 5.23. The second kappa shape index (κ2) is 7.64. The Labute approximate surface area is 158 Å². The van der Waals surface area contributed by atoms with Gasteiger partial charge in [0.25, 0.3) is 0 Å². The summed E-state index contributed by atoms with van der Waals surface area (Å²) >= 11 is 5.98. The first kappa shape index (κ1) is 17.3. The van der Waals surface area contributed by atoms with Gasteiger partial charge in [-0.3, -0.25) is 0 Å². The number of fused-ring (bicyclic) bond motifs is 1. The van der Waals surface area contributed by atoms with E-state index in [1.54, 1.807) is 0 Å². The fourth-order valence-electron chi connectivity index (χ4n) is 3.57. The van der Waals surface area contributed by atoms with E-state index in [2.05, 4.69) is 16.1 Å². The van der Waals surface area contributed by atoms with Gasteiger partial charge in [0, 0.05) is 23.5 Å². The molecule has 0 aliphatic carbocycles. The molecule has 6 heteroatoms. The average Bonchev–Trinajstić information content (AvgIpc) is 2.84. The van der Waals surface area contributed by atoms with Crippen molar-refractivity contribution >= 4 is 28.5 Å². The van der Waals surface area contributed by atoms with E-state index in [9.17, 15) is 5.11 Å². The molecule has 1 aromatic carbocycles. The number of nitrogens with zero attached hydrogens (tertiary/aromatic N) is 4. The van der Waals surface area contributed by atoms with Crippen LogP contribution in [0.25, 0.3) is 11.0 Å². The molecule has 5 nitrogen and oxygen atoms in total. The number of hydrogen-bond donors (Lipinski definition) is 1. The standard InChI is InChI=1S/C20H23ClN4O/c21-16-7-5-15(6-8-16)13-25-20-17(18(14-26)23-25)9-10-19(22-20)24-11-3-1-2-4-12-24/h5-10,26H,1-4,11-14H2. The molecule has 1 saturated heterocycles. The van der Waals surface area contributed by atoms with Gasteiger partial charge in [-0.2, -0.15) is 5.10 Å². The van der Waals surface area contributed by atoms with E-state index >= 15 is 0 Å². The first-order chi connectivity index (χ1) is 12.7. The molecule has 0 bridgehead atoms. The van der Waals surface area contributed by atoms with Crippen molar-refractivity contribution in [3.63, 3.8) is 0 Å². The van der Waals surface area contributed by atoms with Crippen molar-refractivity contribution in [2.75, 3.05) is 18.0 Å². The Bertz CT molecular complexity index is 883. The molecule has 1 aliphatic rings. The summed E-state index contributed by atoms with van der Waals surface area (Å²) < 4.78 is 1.88. The van der Waals surface area contributed by atoms with E-state index in [4.69, 9.17) is 16.6 Å². The van der Waals surface area contributed by atoms with Crippen LogP contribution >= 0.6 is 11.6 Å². The number of aromatic nitrogens is 3. The van der Waals surface area contributed by atoms with Gasteiger partial charge in [-0.25, -0.2) is 9.67 Å². The Morgan fingerprint density at radius 3 is 2.38 bits per heavy atom. The smallest absolute Gasteiger partial charge is 0.160 e. The Kier molecular flexibility index (Phi) is 5.09. The monoisotopic (exact) mass is 370 g/mol. The lowest BCUT2D eigenvalue weighted by atomic mass is 10.2. The lowest BCUT2D eigenvalue weighted by molar-refractivity contribution is 0.276. The lowest BCUT2D eigenvalue weighted by Gasteiger charge is -2.21. The molecule has 26 heavy (non-hydrogen) atoms. The van der Waals surface area contributed by atoms with E-state index in [1.165, 1.54) is 25.7 Å². The molecule has 136 valence electrons. The Morgan fingerprint density at radius 2 is 1.69 bits per heavy atom. The predicted octanol–water partition coefficient (Wildman–Crippen LogP) is 4.01. The van der Waals surface area contributed by atoms with E-state index in [1.807, 2.05) is 35.0 Å². The second-order valence-corrected chi connectivity index (χ2v) is 7.27. The highest BCUT2D eigenvalue weighted by Crippen LogP contribution is 2.24. The van der Waals surface area contributed by atoms with Gasteiger partial charge in [-0.05, 0) is 42.7 Å². The lowest BCUT2D eigenvalue weighted by Crippen LogP contribution is -2.24. The van der Waals surface area contributed by atoms with Crippen LogP contribution in [0, 0.1) is 0 Å². The first-order valence-electron chi connectivity index (χ1n) is 9.21. The zero-order valence-corrected chi connectivity index (χ0v) is 15.5. The number of aliphatic hydroxyl groups excluding tert-OH is 1.